The van der Waals surface area contributed by atoms with Crippen molar-refractivity contribution in [3.63, 3.8) is 0 Å². The number of hydrogen-bond acceptors (Lipinski definition) is 9. The first-order chi connectivity index (χ1) is 27.3. The van der Waals surface area contributed by atoms with Crippen LogP contribution in [0, 0.1) is 59.6 Å². The van der Waals surface area contributed by atoms with Crippen LogP contribution in [0.2, 0.25) is 0 Å². The lowest BCUT2D eigenvalue weighted by Crippen LogP contribution is -2.68. The molecule has 0 amide bonds. The highest BCUT2D eigenvalue weighted by Gasteiger charge is 2.76. The Bertz CT molecular complexity index is 1800. The van der Waals surface area contributed by atoms with Crippen molar-refractivity contribution in [2.75, 3.05) is 6.86 Å². The number of carbonyl (C=O) groups excluding carboxylic acids is 8. The minimum absolute atomic E-state index is 0.0792. The average Bonchev–Trinajstić information content (AvgIpc) is 3.05. The third kappa shape index (κ3) is 6.42. The van der Waals surface area contributed by atoms with Crippen LogP contribution in [0.3, 0.4) is 0 Å². The molecule has 0 aromatic carbocycles. The molecule has 0 saturated heterocycles. The van der Waals surface area contributed by atoms with Crippen molar-refractivity contribution in [2.24, 2.45) is 59.6 Å². The summed E-state index contributed by atoms with van der Waals surface area (Å²) >= 11 is 0. The summed E-state index contributed by atoms with van der Waals surface area (Å²) in [5, 5.41) is 0. The fourth-order valence-corrected chi connectivity index (χ4v) is 17.3. The molecule has 0 N–H and O–H groups in total. The Labute approximate surface area is 339 Å². The molecule has 0 unspecified atom stereocenters. The lowest BCUT2D eigenvalue weighted by Gasteiger charge is -2.66. The van der Waals surface area contributed by atoms with Gasteiger partial charge >= 0.3 is 48.3 Å². The van der Waals surface area contributed by atoms with Gasteiger partial charge in [-0.2, -0.15) is 35.1 Å². The molecule has 0 atom stereocenters. The molecule has 0 heterocycles. The van der Waals surface area contributed by atoms with Crippen LogP contribution in [0.15, 0.2) is 0 Å². The van der Waals surface area contributed by atoms with Gasteiger partial charge in [-0.3, -0.25) is 38.4 Å². The van der Waals surface area contributed by atoms with Crippen molar-refractivity contribution >= 4 is 48.3 Å². The van der Waals surface area contributed by atoms with Gasteiger partial charge in [-0.1, -0.05) is 20.8 Å². The van der Waals surface area contributed by atoms with Gasteiger partial charge in [0, 0.05) is 0 Å². The van der Waals surface area contributed by atoms with Crippen LogP contribution in [0.4, 0.5) is 39.5 Å². The molecule has 12 aliphatic rings. The molecule has 0 radical (unpaired) electrons. The van der Waals surface area contributed by atoms with Gasteiger partial charge in [-0.15, -0.1) is 0 Å². The summed E-state index contributed by atoms with van der Waals surface area (Å²) in [4.78, 5) is 91.7. The first kappa shape index (κ1) is 44.7. The normalized spacial score (nSPS) is 49.3. The van der Waals surface area contributed by atoms with E-state index in [1.165, 1.54) is 0 Å². The Balaban J connectivity index is 0.000000137. The fourth-order valence-electron chi connectivity index (χ4n) is 17.3. The molecule has 12 rings (SSSR count). The average molecular weight is 867 g/mol. The maximum Gasteiger partial charge on any atom is 0.307 e. The third-order valence-electron chi connectivity index (χ3n) is 16.6. The molecule has 12 fully saturated rings. The number of rotatable bonds is 10. The number of carbonyl (C=O) groups is 8. The molecule has 12 saturated carbocycles. The standard InChI is InChI=1S/C14H14F4O4.C14H15F3O3.C14H18F2O2/c15-7-22-14-4-11(8(16)19)1-12(5-14,9(17)20)3-13(2-11,6-14)10(18)21;1-11-2-12(8(15)18)5-13(3-11,9(16)19)7-14(4-11,6-12)10(17)20;1-11-3-12(2)6-13(4-11,9(15)17)8-14(5-11,7-12)10(16)18/h1-7H2;2-7H2,1H3;3-8H2,1-2H3. The molecular formula is C42H47F9O9. The Hall–Kier alpha value is -3.31. The monoisotopic (exact) mass is 866 g/mol. The van der Waals surface area contributed by atoms with E-state index in [0.29, 0.717) is 25.7 Å². The second-order valence-electron chi connectivity index (χ2n) is 22.5. The Morgan fingerprint density at radius 2 is 0.483 bits per heavy atom. The predicted octanol–water partition coefficient (Wildman–Crippen LogP) is 8.66. The molecule has 12 bridgehead atoms. The highest BCUT2D eigenvalue weighted by Crippen LogP contribution is 2.76. The minimum atomic E-state index is -1.87. The second kappa shape index (κ2) is 13.1. The van der Waals surface area contributed by atoms with Crippen LogP contribution < -0.4 is 0 Å². The smallest absolute Gasteiger partial charge is 0.307 e. The molecule has 12 aliphatic carbocycles. The lowest BCUT2D eigenvalue weighted by atomic mass is 9.36. The summed E-state index contributed by atoms with van der Waals surface area (Å²) in [7, 11) is 0. The molecule has 18 heteroatoms. The van der Waals surface area contributed by atoms with E-state index in [1.54, 1.807) is 6.92 Å². The zero-order valence-electron chi connectivity index (χ0n) is 33.5. The van der Waals surface area contributed by atoms with Crippen molar-refractivity contribution in [3.05, 3.63) is 0 Å². The summed E-state index contributed by atoms with van der Waals surface area (Å²) < 4.78 is 126. The van der Waals surface area contributed by atoms with Crippen LogP contribution in [0.25, 0.3) is 0 Å². The topological polar surface area (TPSA) is 146 Å². The largest absolute Gasteiger partial charge is 0.344 e. The van der Waals surface area contributed by atoms with Gasteiger partial charge in [0.15, 0.2) is 6.86 Å². The maximum absolute atomic E-state index is 13.7. The molecule has 0 aromatic rings. The summed E-state index contributed by atoms with van der Waals surface area (Å²) in [5.41, 5.74) is -15.4. The van der Waals surface area contributed by atoms with E-state index < -0.39 is 129 Å². The van der Waals surface area contributed by atoms with Crippen molar-refractivity contribution in [1.82, 2.24) is 0 Å². The predicted molar refractivity (Wildman–Crippen MR) is 186 cm³/mol. The summed E-state index contributed by atoms with van der Waals surface area (Å²) in [5.74, 6) is 0. The van der Waals surface area contributed by atoms with Gasteiger partial charge in [0.1, 0.15) is 0 Å². The van der Waals surface area contributed by atoms with Gasteiger partial charge < -0.3 is 4.74 Å². The highest BCUT2D eigenvalue weighted by atomic mass is 19.2. The molecule has 9 nitrogen and oxygen atoms in total. The molecular weight excluding hydrogens is 819 g/mol. The van der Waals surface area contributed by atoms with Crippen LogP contribution in [0.1, 0.15) is 136 Å². The first-order valence-electron chi connectivity index (χ1n) is 20.1. The summed E-state index contributed by atoms with van der Waals surface area (Å²) in [6, 6.07) is -13.2. The Kier molecular flexibility index (Phi) is 9.78. The van der Waals surface area contributed by atoms with E-state index in [4.69, 9.17) is 4.74 Å². The van der Waals surface area contributed by atoms with Crippen molar-refractivity contribution < 1.29 is 82.6 Å². The molecule has 0 aromatic heterocycles. The second-order valence-corrected chi connectivity index (χ2v) is 22.5. The quantitative estimate of drug-likeness (QED) is 0.156. The first-order valence-corrected chi connectivity index (χ1v) is 20.1. The van der Waals surface area contributed by atoms with E-state index in [9.17, 15) is 77.9 Å². The van der Waals surface area contributed by atoms with Crippen molar-refractivity contribution in [3.8, 4) is 0 Å². The number of halogens is 9. The number of alkyl halides is 1. The molecule has 0 aliphatic heterocycles. The van der Waals surface area contributed by atoms with Gasteiger partial charge in [0.25, 0.3) is 0 Å². The van der Waals surface area contributed by atoms with E-state index in [1.807, 2.05) is 13.8 Å². The molecule has 60 heavy (non-hydrogen) atoms. The van der Waals surface area contributed by atoms with Crippen LogP contribution >= 0.6 is 0 Å². The lowest BCUT2D eigenvalue weighted by molar-refractivity contribution is -0.257. The minimum Gasteiger partial charge on any atom is -0.344 e. The van der Waals surface area contributed by atoms with E-state index >= 15 is 0 Å². The zero-order valence-corrected chi connectivity index (χ0v) is 33.5. The summed E-state index contributed by atoms with van der Waals surface area (Å²) in [6.45, 7) is 4.30. The van der Waals surface area contributed by atoms with E-state index in [0.717, 1.165) is 6.42 Å². The Morgan fingerprint density at radius 3 is 0.667 bits per heavy atom. The third-order valence-corrected chi connectivity index (χ3v) is 16.6. The Morgan fingerprint density at radius 1 is 0.317 bits per heavy atom. The summed E-state index contributed by atoms with van der Waals surface area (Å²) in [6.07, 6.45) is 0.443. The maximum atomic E-state index is 13.7. The zero-order chi connectivity index (χ0) is 44.8. The van der Waals surface area contributed by atoms with E-state index in [-0.39, 0.29) is 75.0 Å². The van der Waals surface area contributed by atoms with Gasteiger partial charge in [0.2, 0.25) is 0 Å². The number of hydrogen-bond donors (Lipinski definition) is 0. The SMILES string of the molecule is CC12CC3(C(=O)F)CC(C(=O)F)(C1)CC(C(=O)F)(C2)C3.CC12CC3(C)CC(C(=O)F)(C1)CC(C(=O)F)(C2)C3.O=C(F)C12CC3(OCF)CC(C(=O)F)(C1)CC(C(=O)F)(C3)C2. The molecule has 0 spiro atoms. The van der Waals surface area contributed by atoms with Gasteiger partial charge in [0.05, 0.1) is 48.9 Å². The van der Waals surface area contributed by atoms with Gasteiger partial charge in [-0.25, -0.2) is 4.39 Å². The van der Waals surface area contributed by atoms with Crippen LogP contribution in [-0.4, -0.2) is 60.8 Å². The van der Waals surface area contributed by atoms with Crippen LogP contribution in [0.5, 0.6) is 0 Å². The van der Waals surface area contributed by atoms with Gasteiger partial charge in [-0.05, 0) is 132 Å². The van der Waals surface area contributed by atoms with Crippen LogP contribution in [-0.2, 0) is 43.1 Å². The molecule has 332 valence electrons. The fraction of sp³-hybridized carbons (Fsp3) is 0.810. The van der Waals surface area contributed by atoms with Crippen molar-refractivity contribution in [1.29, 1.82) is 0 Å². The highest BCUT2D eigenvalue weighted by molar-refractivity contribution is 5.88. The van der Waals surface area contributed by atoms with Crippen molar-refractivity contribution in [2.45, 2.75) is 142 Å². The number of ether oxygens (including phenoxy) is 1. The van der Waals surface area contributed by atoms with E-state index in [2.05, 4.69) is 0 Å².